The number of hydrogen-bond donors (Lipinski definition) is 1. The van der Waals surface area contributed by atoms with Gasteiger partial charge < -0.3 is 5.32 Å². The van der Waals surface area contributed by atoms with Crippen molar-refractivity contribution in [3.8, 4) is 0 Å². The van der Waals surface area contributed by atoms with Crippen LogP contribution >= 0.6 is 0 Å². The lowest BCUT2D eigenvalue weighted by Crippen LogP contribution is -2.14. The van der Waals surface area contributed by atoms with Gasteiger partial charge in [0.15, 0.2) is 5.82 Å². The molecule has 0 unspecified atom stereocenters. The molecule has 5 rings (SSSR count). The van der Waals surface area contributed by atoms with Gasteiger partial charge in [-0.05, 0) is 56.2 Å². The van der Waals surface area contributed by atoms with E-state index in [0.717, 1.165) is 36.6 Å². The minimum atomic E-state index is 0.689. The summed E-state index contributed by atoms with van der Waals surface area (Å²) in [6.45, 7) is 4.29. The van der Waals surface area contributed by atoms with Gasteiger partial charge in [0.05, 0.1) is 5.69 Å². The molecule has 152 valence electrons. The van der Waals surface area contributed by atoms with Gasteiger partial charge in [-0.1, -0.05) is 55.0 Å². The summed E-state index contributed by atoms with van der Waals surface area (Å²) in [6.07, 6.45) is 6.10. The topological polar surface area (TPSA) is 55.1 Å². The molecule has 30 heavy (non-hydrogen) atoms. The van der Waals surface area contributed by atoms with Gasteiger partial charge in [-0.2, -0.15) is 9.50 Å². The average Bonchev–Trinajstić information content (AvgIpc) is 3.17. The first kappa shape index (κ1) is 18.8. The molecular weight excluding hydrogens is 370 g/mol. The van der Waals surface area contributed by atoms with Crippen LogP contribution in [0.1, 0.15) is 53.5 Å². The third-order valence-corrected chi connectivity index (χ3v) is 5.94. The molecule has 5 heteroatoms. The summed E-state index contributed by atoms with van der Waals surface area (Å²) in [4.78, 5) is 9.67. The van der Waals surface area contributed by atoms with Crippen LogP contribution in [0.5, 0.6) is 0 Å². The summed E-state index contributed by atoms with van der Waals surface area (Å²) in [5.41, 5.74) is 7.36. The van der Waals surface area contributed by atoms with Crippen LogP contribution in [0.2, 0.25) is 0 Å². The van der Waals surface area contributed by atoms with Crippen molar-refractivity contribution in [2.45, 2.75) is 52.4 Å². The Morgan fingerprint density at radius 1 is 0.967 bits per heavy atom. The molecule has 0 saturated carbocycles. The van der Waals surface area contributed by atoms with Crippen molar-refractivity contribution >= 4 is 17.3 Å². The van der Waals surface area contributed by atoms with Crippen LogP contribution < -0.4 is 5.32 Å². The van der Waals surface area contributed by atoms with Gasteiger partial charge in [-0.3, -0.25) is 0 Å². The van der Waals surface area contributed by atoms with Crippen LogP contribution in [0.3, 0.4) is 0 Å². The summed E-state index contributed by atoms with van der Waals surface area (Å²) in [7, 11) is 0. The Bertz CT molecular complexity index is 1190. The van der Waals surface area contributed by atoms with Crippen LogP contribution in [-0.2, 0) is 25.7 Å². The van der Waals surface area contributed by atoms with Crippen molar-refractivity contribution in [1.82, 2.24) is 19.6 Å². The van der Waals surface area contributed by atoms with Gasteiger partial charge in [0.2, 0.25) is 0 Å². The molecule has 0 radical (unpaired) electrons. The number of rotatable bonds is 5. The Hall–Kier alpha value is -3.21. The minimum Gasteiger partial charge on any atom is -0.340 e. The van der Waals surface area contributed by atoms with Crippen molar-refractivity contribution in [3.05, 3.63) is 82.3 Å². The molecule has 1 N–H and O–H groups in total. The SMILES string of the molecule is CCc1ccccc1Nc1c2c(nc3nc(Cc4ccc(C)cc4)nn13)CCCC2. The molecule has 0 atom stereocenters. The fourth-order valence-corrected chi connectivity index (χ4v) is 4.25. The Kier molecular flexibility index (Phi) is 4.95. The van der Waals surface area contributed by atoms with E-state index in [0.29, 0.717) is 12.2 Å². The molecule has 4 aromatic rings. The number of aromatic nitrogens is 4. The smallest absolute Gasteiger partial charge is 0.254 e. The number of fused-ring (bicyclic) bond motifs is 2. The van der Waals surface area contributed by atoms with Crippen molar-refractivity contribution in [2.75, 3.05) is 5.32 Å². The molecule has 1 aliphatic carbocycles. The fourth-order valence-electron chi connectivity index (χ4n) is 4.25. The monoisotopic (exact) mass is 397 g/mol. The number of benzene rings is 2. The fraction of sp³-hybridized carbons (Fsp3) is 0.320. The zero-order valence-electron chi connectivity index (χ0n) is 17.7. The first-order valence-electron chi connectivity index (χ1n) is 10.9. The summed E-state index contributed by atoms with van der Waals surface area (Å²) < 4.78 is 1.92. The lowest BCUT2D eigenvalue weighted by Gasteiger charge is -2.20. The predicted molar refractivity (Wildman–Crippen MR) is 121 cm³/mol. The first-order valence-corrected chi connectivity index (χ1v) is 10.9. The molecule has 0 spiro atoms. The molecule has 2 heterocycles. The van der Waals surface area contributed by atoms with Crippen molar-refractivity contribution in [3.63, 3.8) is 0 Å². The van der Waals surface area contributed by atoms with Gasteiger partial charge >= 0.3 is 0 Å². The first-order chi connectivity index (χ1) is 14.7. The maximum Gasteiger partial charge on any atom is 0.254 e. The van der Waals surface area contributed by atoms with E-state index in [-0.39, 0.29) is 0 Å². The molecule has 2 aromatic heterocycles. The van der Waals surface area contributed by atoms with Crippen LogP contribution in [0.15, 0.2) is 48.5 Å². The second kappa shape index (κ2) is 7.90. The van der Waals surface area contributed by atoms with E-state index in [1.54, 1.807) is 0 Å². The molecule has 0 fully saturated rings. The van der Waals surface area contributed by atoms with Gasteiger partial charge in [0.25, 0.3) is 5.78 Å². The maximum absolute atomic E-state index is 4.89. The number of nitrogens with zero attached hydrogens (tertiary/aromatic N) is 4. The lowest BCUT2D eigenvalue weighted by molar-refractivity contribution is 0.662. The molecule has 2 aromatic carbocycles. The second-order valence-electron chi connectivity index (χ2n) is 8.13. The number of aryl methyl sites for hydroxylation is 3. The molecule has 5 nitrogen and oxygen atoms in total. The predicted octanol–water partition coefficient (Wildman–Crippen LogP) is 5.21. The molecule has 1 aliphatic rings. The van der Waals surface area contributed by atoms with Gasteiger partial charge in [0, 0.05) is 17.7 Å². The highest BCUT2D eigenvalue weighted by atomic mass is 15.4. The Labute approximate surface area is 177 Å². The third-order valence-electron chi connectivity index (χ3n) is 5.94. The van der Waals surface area contributed by atoms with E-state index in [2.05, 4.69) is 67.7 Å². The van der Waals surface area contributed by atoms with E-state index in [1.165, 1.54) is 40.8 Å². The van der Waals surface area contributed by atoms with Crippen LogP contribution in [0.25, 0.3) is 5.78 Å². The van der Waals surface area contributed by atoms with E-state index in [1.807, 2.05) is 4.52 Å². The molecular formula is C25H27N5. The van der Waals surface area contributed by atoms with Crippen molar-refractivity contribution in [1.29, 1.82) is 0 Å². The highest BCUT2D eigenvalue weighted by Gasteiger charge is 2.21. The summed E-state index contributed by atoms with van der Waals surface area (Å²) >= 11 is 0. The highest BCUT2D eigenvalue weighted by Crippen LogP contribution is 2.31. The van der Waals surface area contributed by atoms with Crippen LogP contribution in [-0.4, -0.2) is 19.6 Å². The van der Waals surface area contributed by atoms with Crippen LogP contribution in [0.4, 0.5) is 11.5 Å². The molecule has 0 aliphatic heterocycles. The number of para-hydroxylation sites is 1. The van der Waals surface area contributed by atoms with Gasteiger partial charge in [-0.25, -0.2) is 4.98 Å². The van der Waals surface area contributed by atoms with E-state index >= 15 is 0 Å². The Balaban J connectivity index is 1.60. The third kappa shape index (κ3) is 3.56. The minimum absolute atomic E-state index is 0.689. The molecule has 0 amide bonds. The highest BCUT2D eigenvalue weighted by molar-refractivity contribution is 5.66. The zero-order valence-corrected chi connectivity index (χ0v) is 17.7. The quantitative estimate of drug-likeness (QED) is 0.502. The molecule has 0 bridgehead atoms. The van der Waals surface area contributed by atoms with E-state index in [4.69, 9.17) is 15.1 Å². The van der Waals surface area contributed by atoms with Crippen LogP contribution in [0, 0.1) is 6.92 Å². The van der Waals surface area contributed by atoms with E-state index in [9.17, 15) is 0 Å². The molecule has 0 saturated heterocycles. The normalized spacial score (nSPS) is 13.4. The second-order valence-corrected chi connectivity index (χ2v) is 8.13. The Morgan fingerprint density at radius 2 is 1.77 bits per heavy atom. The van der Waals surface area contributed by atoms with E-state index < -0.39 is 0 Å². The summed E-state index contributed by atoms with van der Waals surface area (Å²) in [5, 5.41) is 8.57. The summed E-state index contributed by atoms with van der Waals surface area (Å²) in [5.74, 6) is 2.52. The number of nitrogens with one attached hydrogen (secondary N) is 1. The largest absolute Gasteiger partial charge is 0.340 e. The van der Waals surface area contributed by atoms with Gasteiger partial charge in [0.1, 0.15) is 5.82 Å². The van der Waals surface area contributed by atoms with Crippen molar-refractivity contribution in [2.24, 2.45) is 0 Å². The average molecular weight is 398 g/mol. The maximum atomic E-state index is 4.89. The zero-order chi connectivity index (χ0) is 20.5. The summed E-state index contributed by atoms with van der Waals surface area (Å²) in [6, 6.07) is 17.1. The number of anilines is 2. The Morgan fingerprint density at radius 3 is 2.60 bits per heavy atom. The van der Waals surface area contributed by atoms with Gasteiger partial charge in [-0.15, -0.1) is 5.10 Å². The van der Waals surface area contributed by atoms with Crippen molar-refractivity contribution < 1.29 is 0 Å². The number of hydrogen-bond acceptors (Lipinski definition) is 4. The lowest BCUT2D eigenvalue weighted by atomic mass is 9.96. The standard InChI is InChI=1S/C25H27N5/c1-3-19-8-4-6-10-21(19)26-24-20-9-5-7-11-22(20)27-25-28-23(29-30(24)25)16-18-14-12-17(2)13-15-18/h4,6,8,10,12-15,26H,3,5,7,9,11,16H2,1-2H3.